The van der Waals surface area contributed by atoms with Crippen LogP contribution in [0, 0.1) is 20.8 Å². The van der Waals surface area contributed by atoms with Crippen molar-refractivity contribution in [3.63, 3.8) is 0 Å². The van der Waals surface area contributed by atoms with Gasteiger partial charge in [0.1, 0.15) is 5.82 Å². The first-order valence-electron chi connectivity index (χ1n) is 7.89. The lowest BCUT2D eigenvalue weighted by atomic mass is 10.1. The molecule has 25 heavy (non-hydrogen) atoms. The van der Waals surface area contributed by atoms with Gasteiger partial charge in [-0.2, -0.15) is 0 Å². The number of hydrogen-bond donors (Lipinski definition) is 2. The molecule has 7 heteroatoms. The third kappa shape index (κ3) is 3.58. The molecule has 0 fully saturated rings. The molecular weight excluding hydrogens is 342 g/mol. The number of amides is 1. The molecule has 3 rings (SSSR count). The van der Waals surface area contributed by atoms with Gasteiger partial charge in [-0.05, 0) is 38.5 Å². The van der Waals surface area contributed by atoms with E-state index in [1.165, 1.54) is 6.07 Å². The Bertz CT molecular complexity index is 1020. The van der Waals surface area contributed by atoms with Gasteiger partial charge in [0.15, 0.2) is 11.3 Å². The lowest BCUT2D eigenvalue weighted by Crippen LogP contribution is -2.26. The van der Waals surface area contributed by atoms with E-state index in [2.05, 4.69) is 15.3 Å². The molecule has 3 aromatic rings. The number of aromatic amines is 1. The molecule has 1 amide bonds. The van der Waals surface area contributed by atoms with E-state index in [0.717, 1.165) is 16.5 Å². The van der Waals surface area contributed by atoms with Crippen LogP contribution in [0.5, 0.6) is 0 Å². The molecule has 1 aromatic carbocycles. The molecule has 0 radical (unpaired) electrons. The minimum absolute atomic E-state index is 0.202. The van der Waals surface area contributed by atoms with Gasteiger partial charge in [0, 0.05) is 35.7 Å². The number of carbonyl (C=O) groups is 1. The van der Waals surface area contributed by atoms with Crippen LogP contribution in [0.1, 0.15) is 33.2 Å². The summed E-state index contributed by atoms with van der Waals surface area (Å²) in [6.45, 7) is 5.83. The van der Waals surface area contributed by atoms with Crippen LogP contribution in [0.15, 0.2) is 27.4 Å². The average Bonchev–Trinajstić information content (AvgIpc) is 2.84. The number of furan rings is 1. The molecule has 0 saturated heterocycles. The predicted molar refractivity (Wildman–Crippen MR) is 96.3 cm³/mol. The molecule has 2 N–H and O–H groups in total. The van der Waals surface area contributed by atoms with Gasteiger partial charge in [-0.1, -0.05) is 11.6 Å². The first-order valence-corrected chi connectivity index (χ1v) is 8.27. The summed E-state index contributed by atoms with van der Waals surface area (Å²) in [6.07, 6.45) is 0.454. The molecule has 0 unspecified atom stereocenters. The Labute approximate surface area is 149 Å². The van der Waals surface area contributed by atoms with Crippen LogP contribution in [-0.4, -0.2) is 22.4 Å². The summed E-state index contributed by atoms with van der Waals surface area (Å²) in [5.41, 5.74) is 2.70. The van der Waals surface area contributed by atoms with E-state index in [9.17, 15) is 9.59 Å². The lowest BCUT2D eigenvalue weighted by molar-refractivity contribution is 0.0927. The minimum Gasteiger partial charge on any atom is -0.449 e. The number of rotatable bonds is 4. The number of carbonyl (C=O) groups excluding carboxylic acids is 1. The van der Waals surface area contributed by atoms with Crippen LogP contribution < -0.4 is 10.9 Å². The Morgan fingerprint density at radius 3 is 2.76 bits per heavy atom. The smallest absolute Gasteiger partial charge is 0.287 e. The Balaban J connectivity index is 1.75. The second-order valence-corrected chi connectivity index (χ2v) is 6.41. The minimum atomic E-state index is -0.316. The number of fused-ring (bicyclic) bond motifs is 1. The fraction of sp³-hybridized carbons (Fsp3) is 0.278. The Kier molecular flexibility index (Phi) is 4.63. The Morgan fingerprint density at radius 2 is 2.04 bits per heavy atom. The first kappa shape index (κ1) is 17.2. The van der Waals surface area contributed by atoms with E-state index in [1.54, 1.807) is 13.0 Å². The highest BCUT2D eigenvalue weighted by molar-refractivity contribution is 6.35. The molecule has 2 aromatic heterocycles. The molecule has 130 valence electrons. The van der Waals surface area contributed by atoms with E-state index >= 15 is 0 Å². The molecule has 0 spiro atoms. The summed E-state index contributed by atoms with van der Waals surface area (Å²) in [6, 6.07) is 5.17. The zero-order valence-electron chi connectivity index (χ0n) is 14.2. The fourth-order valence-electron chi connectivity index (χ4n) is 2.78. The quantitative estimate of drug-likeness (QED) is 0.749. The summed E-state index contributed by atoms with van der Waals surface area (Å²) < 4.78 is 5.67. The summed E-state index contributed by atoms with van der Waals surface area (Å²) in [7, 11) is 0. The molecule has 0 bridgehead atoms. The van der Waals surface area contributed by atoms with Gasteiger partial charge in [-0.25, -0.2) is 4.98 Å². The first-order chi connectivity index (χ1) is 11.8. The van der Waals surface area contributed by atoms with E-state index in [-0.39, 0.29) is 17.2 Å². The maximum atomic E-state index is 12.4. The van der Waals surface area contributed by atoms with Crippen molar-refractivity contribution in [2.45, 2.75) is 27.2 Å². The summed E-state index contributed by atoms with van der Waals surface area (Å²) in [5, 5.41) is 4.12. The molecule has 0 saturated carbocycles. The maximum Gasteiger partial charge on any atom is 0.287 e. The number of nitrogens with zero attached hydrogens (tertiary/aromatic N) is 1. The van der Waals surface area contributed by atoms with Gasteiger partial charge >= 0.3 is 0 Å². The topological polar surface area (TPSA) is 88.0 Å². The third-order valence-corrected chi connectivity index (χ3v) is 4.20. The van der Waals surface area contributed by atoms with Crippen molar-refractivity contribution in [1.82, 2.24) is 15.3 Å². The summed E-state index contributed by atoms with van der Waals surface area (Å²) >= 11 is 6.20. The average molecular weight is 360 g/mol. The Hall–Kier alpha value is -2.60. The van der Waals surface area contributed by atoms with Gasteiger partial charge in [-0.3, -0.25) is 9.59 Å². The van der Waals surface area contributed by atoms with E-state index in [4.69, 9.17) is 16.0 Å². The zero-order chi connectivity index (χ0) is 18.1. The van der Waals surface area contributed by atoms with Crippen LogP contribution in [0.4, 0.5) is 0 Å². The molecule has 6 nitrogen and oxygen atoms in total. The standard InChI is InChI=1S/C18H18ClN3O3/c1-9-6-13-10(2)16(25-17(13)14(19)7-9)18(24)20-5-4-12-8-15(23)22-11(3)21-12/h6-8H,4-5H2,1-3H3,(H,20,24)(H,21,22,23). The van der Waals surface area contributed by atoms with Crippen molar-refractivity contribution in [3.8, 4) is 0 Å². The summed E-state index contributed by atoms with van der Waals surface area (Å²) in [4.78, 5) is 30.7. The number of aromatic nitrogens is 2. The van der Waals surface area contributed by atoms with Crippen molar-refractivity contribution in [1.29, 1.82) is 0 Å². The van der Waals surface area contributed by atoms with E-state index in [0.29, 0.717) is 35.1 Å². The van der Waals surface area contributed by atoms with Gasteiger partial charge in [0.2, 0.25) is 0 Å². The van der Waals surface area contributed by atoms with Crippen molar-refractivity contribution in [2.75, 3.05) is 6.54 Å². The van der Waals surface area contributed by atoms with Crippen LogP contribution >= 0.6 is 11.6 Å². The highest BCUT2D eigenvalue weighted by Gasteiger charge is 2.19. The van der Waals surface area contributed by atoms with Crippen molar-refractivity contribution >= 4 is 28.5 Å². The second kappa shape index (κ2) is 6.72. The number of halogens is 1. The molecule has 2 heterocycles. The zero-order valence-corrected chi connectivity index (χ0v) is 15.0. The fourth-order valence-corrected chi connectivity index (χ4v) is 3.10. The molecule has 0 atom stereocenters. The van der Waals surface area contributed by atoms with Crippen molar-refractivity contribution in [2.24, 2.45) is 0 Å². The highest BCUT2D eigenvalue weighted by Crippen LogP contribution is 2.32. The lowest BCUT2D eigenvalue weighted by Gasteiger charge is -2.04. The number of H-pyrrole nitrogens is 1. The largest absolute Gasteiger partial charge is 0.449 e. The van der Waals surface area contributed by atoms with Crippen LogP contribution in [-0.2, 0) is 6.42 Å². The monoisotopic (exact) mass is 359 g/mol. The molecule has 0 aliphatic heterocycles. The van der Waals surface area contributed by atoms with Crippen LogP contribution in [0.2, 0.25) is 5.02 Å². The second-order valence-electron chi connectivity index (χ2n) is 6.01. The number of benzene rings is 1. The SMILES string of the molecule is Cc1cc(Cl)c2oc(C(=O)NCCc3cc(=O)[nH]c(C)n3)c(C)c2c1. The number of nitrogens with one attached hydrogen (secondary N) is 2. The molecule has 0 aliphatic carbocycles. The predicted octanol–water partition coefficient (Wildman–Crippen LogP) is 3.07. The number of aryl methyl sites for hydroxylation is 3. The van der Waals surface area contributed by atoms with Gasteiger partial charge in [0.25, 0.3) is 11.5 Å². The third-order valence-electron chi connectivity index (χ3n) is 3.92. The normalized spacial score (nSPS) is 11.0. The van der Waals surface area contributed by atoms with Crippen LogP contribution in [0.25, 0.3) is 11.0 Å². The van der Waals surface area contributed by atoms with Crippen molar-refractivity contribution in [3.05, 3.63) is 62.0 Å². The van der Waals surface area contributed by atoms with Gasteiger partial charge in [0.05, 0.1) is 5.02 Å². The number of hydrogen-bond acceptors (Lipinski definition) is 4. The van der Waals surface area contributed by atoms with E-state index < -0.39 is 0 Å². The van der Waals surface area contributed by atoms with Crippen LogP contribution in [0.3, 0.4) is 0 Å². The van der Waals surface area contributed by atoms with Gasteiger partial charge in [-0.15, -0.1) is 0 Å². The molecular formula is C18H18ClN3O3. The molecule has 0 aliphatic rings. The van der Waals surface area contributed by atoms with Crippen molar-refractivity contribution < 1.29 is 9.21 Å². The summed E-state index contributed by atoms with van der Waals surface area (Å²) in [5.74, 6) is 0.480. The maximum absolute atomic E-state index is 12.4. The van der Waals surface area contributed by atoms with Gasteiger partial charge < -0.3 is 14.7 Å². The Morgan fingerprint density at radius 1 is 1.28 bits per heavy atom. The highest BCUT2D eigenvalue weighted by atomic mass is 35.5. The van der Waals surface area contributed by atoms with E-state index in [1.807, 2.05) is 19.9 Å².